The van der Waals surface area contributed by atoms with Crippen molar-refractivity contribution >= 4 is 0 Å². The maximum Gasteiger partial charge on any atom is 0.0747 e. The fourth-order valence-corrected chi connectivity index (χ4v) is 1.03. The molecule has 0 radical (unpaired) electrons. The van der Waals surface area contributed by atoms with E-state index in [1.54, 1.807) is 6.20 Å². The van der Waals surface area contributed by atoms with Crippen molar-refractivity contribution in [1.82, 2.24) is 9.78 Å². The molecule has 62 valence electrons. The van der Waals surface area contributed by atoms with Crippen molar-refractivity contribution in [2.75, 3.05) is 6.61 Å². The lowest BCUT2D eigenvalue weighted by Gasteiger charge is -2.10. The predicted octanol–water partition coefficient (Wildman–Crippen LogP) is 1.13. The number of aryl methyl sites for hydroxylation is 1. The summed E-state index contributed by atoms with van der Waals surface area (Å²) in [6.45, 7) is 4.20. The summed E-state index contributed by atoms with van der Waals surface area (Å²) in [5.41, 5.74) is 1.14. The molecule has 0 saturated carbocycles. The van der Waals surface area contributed by atoms with E-state index >= 15 is 0 Å². The van der Waals surface area contributed by atoms with E-state index in [2.05, 4.69) is 5.10 Å². The Balaban J connectivity index is 2.73. The third-order valence-corrected chi connectivity index (χ3v) is 1.79. The smallest absolute Gasteiger partial charge is 0.0747 e. The Hall–Kier alpha value is -0.830. The van der Waals surface area contributed by atoms with Crippen molar-refractivity contribution in [1.29, 1.82) is 0 Å². The number of hydrogen-bond acceptors (Lipinski definition) is 2. The SMILES string of the molecule is CCC(CO)n1cc(C)cn1. The van der Waals surface area contributed by atoms with E-state index in [1.165, 1.54) is 0 Å². The van der Waals surface area contributed by atoms with Crippen LogP contribution < -0.4 is 0 Å². The molecule has 3 nitrogen and oxygen atoms in total. The summed E-state index contributed by atoms with van der Waals surface area (Å²) in [6.07, 6.45) is 4.67. The van der Waals surface area contributed by atoms with Gasteiger partial charge in [0, 0.05) is 6.20 Å². The lowest BCUT2D eigenvalue weighted by molar-refractivity contribution is 0.214. The van der Waals surface area contributed by atoms with Crippen molar-refractivity contribution in [2.24, 2.45) is 0 Å². The molecule has 0 amide bonds. The zero-order valence-electron chi connectivity index (χ0n) is 6.99. The highest BCUT2D eigenvalue weighted by molar-refractivity contribution is 5.00. The first-order chi connectivity index (χ1) is 5.27. The normalized spacial score (nSPS) is 13.4. The minimum absolute atomic E-state index is 0.142. The molecule has 1 heterocycles. The van der Waals surface area contributed by atoms with Crippen LogP contribution in [0.5, 0.6) is 0 Å². The van der Waals surface area contributed by atoms with Gasteiger partial charge in [0.25, 0.3) is 0 Å². The first kappa shape index (κ1) is 8.27. The topological polar surface area (TPSA) is 38.0 Å². The largest absolute Gasteiger partial charge is 0.394 e. The van der Waals surface area contributed by atoms with Crippen molar-refractivity contribution in [2.45, 2.75) is 26.3 Å². The van der Waals surface area contributed by atoms with E-state index < -0.39 is 0 Å². The molecule has 0 spiro atoms. The molecule has 1 atom stereocenters. The lowest BCUT2D eigenvalue weighted by Crippen LogP contribution is -2.12. The van der Waals surface area contributed by atoms with E-state index in [0.29, 0.717) is 0 Å². The third-order valence-electron chi connectivity index (χ3n) is 1.79. The fourth-order valence-electron chi connectivity index (χ4n) is 1.03. The van der Waals surface area contributed by atoms with Crippen molar-refractivity contribution < 1.29 is 5.11 Å². The number of hydrogen-bond donors (Lipinski definition) is 1. The molecule has 3 heteroatoms. The molecule has 0 bridgehead atoms. The number of aromatic nitrogens is 2. The lowest BCUT2D eigenvalue weighted by atomic mass is 10.2. The Morgan fingerprint density at radius 3 is 2.82 bits per heavy atom. The molecule has 1 aromatic heterocycles. The molecular formula is C8H14N2O. The van der Waals surface area contributed by atoms with Crippen molar-refractivity contribution in [3.63, 3.8) is 0 Å². The van der Waals surface area contributed by atoms with Crippen molar-refractivity contribution in [3.8, 4) is 0 Å². The van der Waals surface area contributed by atoms with Gasteiger partial charge in [-0.1, -0.05) is 6.92 Å². The first-order valence-corrected chi connectivity index (χ1v) is 3.89. The number of aliphatic hydroxyl groups is 1. The van der Waals surface area contributed by atoms with Crippen LogP contribution >= 0.6 is 0 Å². The first-order valence-electron chi connectivity index (χ1n) is 3.89. The Labute approximate surface area is 66.7 Å². The monoisotopic (exact) mass is 154 g/mol. The van der Waals surface area contributed by atoms with Crippen LogP contribution in [-0.4, -0.2) is 21.5 Å². The molecule has 1 N–H and O–H groups in total. The van der Waals surface area contributed by atoms with Crippen LogP contribution in [0, 0.1) is 6.92 Å². The Kier molecular flexibility index (Phi) is 2.65. The average molecular weight is 154 g/mol. The van der Waals surface area contributed by atoms with Gasteiger partial charge in [0.1, 0.15) is 0 Å². The van der Waals surface area contributed by atoms with E-state index in [9.17, 15) is 0 Å². The highest BCUT2D eigenvalue weighted by atomic mass is 16.3. The predicted molar refractivity (Wildman–Crippen MR) is 43.4 cm³/mol. The van der Waals surface area contributed by atoms with E-state index in [1.807, 2.05) is 24.7 Å². The second-order valence-electron chi connectivity index (χ2n) is 2.74. The molecule has 0 aliphatic heterocycles. The highest BCUT2D eigenvalue weighted by Crippen LogP contribution is 2.09. The average Bonchev–Trinajstić information content (AvgIpc) is 2.39. The van der Waals surface area contributed by atoms with E-state index in [0.717, 1.165) is 12.0 Å². The van der Waals surface area contributed by atoms with Gasteiger partial charge < -0.3 is 5.11 Å². The van der Waals surface area contributed by atoms with Gasteiger partial charge >= 0.3 is 0 Å². The van der Waals surface area contributed by atoms with Crippen LogP contribution in [0.15, 0.2) is 12.4 Å². The van der Waals surface area contributed by atoms with Gasteiger partial charge in [0.15, 0.2) is 0 Å². The summed E-state index contributed by atoms with van der Waals surface area (Å²) in [5, 5.41) is 13.0. The summed E-state index contributed by atoms with van der Waals surface area (Å²) >= 11 is 0. The summed E-state index contributed by atoms with van der Waals surface area (Å²) in [5.74, 6) is 0. The van der Waals surface area contributed by atoms with Crippen LogP contribution in [0.1, 0.15) is 24.9 Å². The Morgan fingerprint density at radius 1 is 1.73 bits per heavy atom. The zero-order valence-corrected chi connectivity index (χ0v) is 6.99. The molecule has 0 aliphatic rings. The maximum absolute atomic E-state index is 8.93. The molecule has 0 aromatic carbocycles. The molecule has 11 heavy (non-hydrogen) atoms. The fraction of sp³-hybridized carbons (Fsp3) is 0.625. The van der Waals surface area contributed by atoms with Crippen molar-refractivity contribution in [3.05, 3.63) is 18.0 Å². The summed E-state index contributed by atoms with van der Waals surface area (Å²) in [6, 6.07) is 0.142. The van der Waals surface area contributed by atoms with E-state index in [4.69, 9.17) is 5.11 Å². The highest BCUT2D eigenvalue weighted by Gasteiger charge is 2.06. The number of rotatable bonds is 3. The molecule has 1 aromatic rings. The zero-order chi connectivity index (χ0) is 8.27. The molecule has 0 aliphatic carbocycles. The Bertz CT molecular complexity index is 216. The minimum Gasteiger partial charge on any atom is -0.394 e. The molecule has 1 unspecified atom stereocenters. The summed E-state index contributed by atoms with van der Waals surface area (Å²) in [7, 11) is 0. The minimum atomic E-state index is 0.142. The van der Waals surface area contributed by atoms with Gasteiger partial charge in [-0.3, -0.25) is 4.68 Å². The van der Waals surface area contributed by atoms with Crippen LogP contribution in [0.4, 0.5) is 0 Å². The number of nitrogens with zero attached hydrogens (tertiary/aromatic N) is 2. The van der Waals surface area contributed by atoms with Gasteiger partial charge in [-0.25, -0.2) is 0 Å². The van der Waals surface area contributed by atoms with Crippen LogP contribution in [-0.2, 0) is 0 Å². The number of aliphatic hydroxyl groups excluding tert-OH is 1. The molecule has 1 rings (SSSR count). The molecular weight excluding hydrogens is 140 g/mol. The summed E-state index contributed by atoms with van der Waals surface area (Å²) < 4.78 is 1.81. The maximum atomic E-state index is 8.93. The van der Waals surface area contributed by atoms with Gasteiger partial charge in [0.2, 0.25) is 0 Å². The van der Waals surface area contributed by atoms with Gasteiger partial charge in [-0.15, -0.1) is 0 Å². The van der Waals surface area contributed by atoms with Crippen LogP contribution in [0.25, 0.3) is 0 Å². The second kappa shape index (κ2) is 3.53. The van der Waals surface area contributed by atoms with E-state index in [-0.39, 0.29) is 12.6 Å². The van der Waals surface area contributed by atoms with Crippen LogP contribution in [0.3, 0.4) is 0 Å². The summed E-state index contributed by atoms with van der Waals surface area (Å²) in [4.78, 5) is 0. The standard InChI is InChI=1S/C8H14N2O/c1-3-8(6-11)10-5-7(2)4-9-10/h4-5,8,11H,3,6H2,1-2H3. The quantitative estimate of drug-likeness (QED) is 0.708. The third kappa shape index (κ3) is 1.80. The molecule has 0 saturated heterocycles. The Morgan fingerprint density at radius 2 is 2.45 bits per heavy atom. The molecule has 0 fully saturated rings. The van der Waals surface area contributed by atoms with Crippen LogP contribution in [0.2, 0.25) is 0 Å². The second-order valence-corrected chi connectivity index (χ2v) is 2.74. The van der Waals surface area contributed by atoms with Gasteiger partial charge in [-0.05, 0) is 18.9 Å². The van der Waals surface area contributed by atoms with Gasteiger partial charge in [-0.2, -0.15) is 5.10 Å². The van der Waals surface area contributed by atoms with Gasteiger partial charge in [0.05, 0.1) is 18.8 Å².